The van der Waals surface area contributed by atoms with Crippen molar-refractivity contribution in [3.8, 4) is 17.9 Å². The topological polar surface area (TPSA) is 100 Å². The van der Waals surface area contributed by atoms with Crippen LogP contribution in [0.2, 0.25) is 0 Å². The number of nitriles is 2. The predicted molar refractivity (Wildman–Crippen MR) is 163 cm³/mol. The molecular formula is C37H32N2O4. The van der Waals surface area contributed by atoms with Gasteiger partial charge in [0.2, 0.25) is 0 Å². The summed E-state index contributed by atoms with van der Waals surface area (Å²) in [5, 5.41) is 18.2. The first-order chi connectivity index (χ1) is 20.9. The summed E-state index contributed by atoms with van der Waals surface area (Å²) in [4.78, 5) is 25.8. The Bertz CT molecular complexity index is 1730. The number of benzene rings is 3. The summed E-state index contributed by atoms with van der Waals surface area (Å²) in [5.41, 5.74) is 6.29. The molecule has 0 fully saturated rings. The Hall–Kier alpha value is -5.20. The van der Waals surface area contributed by atoms with Crippen molar-refractivity contribution in [2.75, 3.05) is 0 Å². The Morgan fingerprint density at radius 1 is 0.953 bits per heavy atom. The van der Waals surface area contributed by atoms with Crippen LogP contribution in [0.25, 0.3) is 0 Å². The lowest BCUT2D eigenvalue weighted by Crippen LogP contribution is -2.29. The standard InChI is InChI=1S/C37H32N2O4/c1-3-4-7-26(23-38)8-5-6-19-42-35(40)31-14-13-28-17-18-37(33(28)21-31)25(2)20-30-15-16-32(22-34(30)37)43-36(41)29-11-9-27(24-39)10-12-29/h4,6-16,19,21-22,25H,3,5,17-18,20H2,1-2H3/b7-4-,19-6+,26-8-. The second kappa shape index (κ2) is 12.8. The van der Waals surface area contributed by atoms with Gasteiger partial charge in [-0.2, -0.15) is 10.5 Å². The van der Waals surface area contributed by atoms with Gasteiger partial charge in [-0.25, -0.2) is 9.59 Å². The predicted octanol–water partition coefficient (Wildman–Crippen LogP) is 7.68. The zero-order valence-corrected chi connectivity index (χ0v) is 24.3. The van der Waals surface area contributed by atoms with Crippen molar-refractivity contribution in [1.82, 2.24) is 0 Å². The molecule has 0 aliphatic heterocycles. The Labute approximate surface area is 252 Å². The summed E-state index contributed by atoms with van der Waals surface area (Å²) >= 11 is 0. The monoisotopic (exact) mass is 568 g/mol. The molecule has 0 saturated heterocycles. The maximum Gasteiger partial charge on any atom is 0.343 e. The van der Waals surface area contributed by atoms with Gasteiger partial charge in [0.1, 0.15) is 5.75 Å². The van der Waals surface area contributed by atoms with Gasteiger partial charge in [0.25, 0.3) is 0 Å². The largest absolute Gasteiger partial charge is 0.431 e. The number of esters is 2. The van der Waals surface area contributed by atoms with Gasteiger partial charge in [-0.1, -0.05) is 38.1 Å². The van der Waals surface area contributed by atoms with Crippen molar-refractivity contribution < 1.29 is 19.1 Å². The minimum Gasteiger partial charge on any atom is -0.431 e. The number of nitrogens with zero attached hydrogens (tertiary/aromatic N) is 2. The summed E-state index contributed by atoms with van der Waals surface area (Å²) in [6, 6.07) is 22.2. The average molecular weight is 569 g/mol. The highest BCUT2D eigenvalue weighted by Crippen LogP contribution is 2.56. The summed E-state index contributed by atoms with van der Waals surface area (Å²) in [7, 11) is 0. The fourth-order valence-corrected chi connectivity index (χ4v) is 6.25. The van der Waals surface area contributed by atoms with Crippen LogP contribution in [0.4, 0.5) is 0 Å². The van der Waals surface area contributed by atoms with E-state index >= 15 is 0 Å². The van der Waals surface area contributed by atoms with Crippen molar-refractivity contribution in [2.24, 2.45) is 5.92 Å². The third-order valence-electron chi connectivity index (χ3n) is 8.41. The molecule has 3 aromatic rings. The molecule has 1 spiro atoms. The van der Waals surface area contributed by atoms with E-state index in [1.807, 2.05) is 55.5 Å². The van der Waals surface area contributed by atoms with Crippen LogP contribution in [0.15, 0.2) is 96.8 Å². The number of hydrogen-bond donors (Lipinski definition) is 0. The van der Waals surface area contributed by atoms with Crippen LogP contribution in [0.3, 0.4) is 0 Å². The molecule has 0 heterocycles. The van der Waals surface area contributed by atoms with Crippen LogP contribution >= 0.6 is 0 Å². The van der Waals surface area contributed by atoms with Gasteiger partial charge in [-0.05, 0) is 121 Å². The summed E-state index contributed by atoms with van der Waals surface area (Å²) in [5.74, 6) is -0.157. The molecule has 43 heavy (non-hydrogen) atoms. The molecule has 0 saturated carbocycles. The second-order valence-electron chi connectivity index (χ2n) is 10.9. The molecule has 2 unspecified atom stereocenters. The van der Waals surface area contributed by atoms with Crippen molar-refractivity contribution >= 4 is 11.9 Å². The Morgan fingerprint density at radius 3 is 2.44 bits per heavy atom. The number of allylic oxidation sites excluding steroid dienone is 5. The Kier molecular flexibility index (Phi) is 8.69. The molecule has 0 aromatic heterocycles. The third-order valence-corrected chi connectivity index (χ3v) is 8.41. The Morgan fingerprint density at radius 2 is 1.70 bits per heavy atom. The molecule has 0 radical (unpaired) electrons. The van der Waals surface area contributed by atoms with E-state index in [2.05, 4.69) is 13.0 Å². The number of ether oxygens (including phenoxy) is 2. The zero-order valence-electron chi connectivity index (χ0n) is 24.3. The van der Waals surface area contributed by atoms with E-state index in [0.717, 1.165) is 36.8 Å². The maximum absolute atomic E-state index is 13.0. The van der Waals surface area contributed by atoms with E-state index in [4.69, 9.17) is 14.7 Å². The van der Waals surface area contributed by atoms with E-state index in [0.29, 0.717) is 40.4 Å². The number of carbonyl (C=O) groups is 2. The molecule has 2 aliphatic carbocycles. The number of aryl methyl sites for hydroxylation is 1. The van der Waals surface area contributed by atoms with E-state index < -0.39 is 11.9 Å². The minimum absolute atomic E-state index is 0.293. The molecule has 6 heteroatoms. The molecule has 0 amide bonds. The van der Waals surface area contributed by atoms with Gasteiger partial charge in [0.15, 0.2) is 0 Å². The summed E-state index contributed by atoms with van der Waals surface area (Å²) < 4.78 is 11.2. The molecule has 0 N–H and O–H groups in total. The molecule has 0 bridgehead atoms. The van der Waals surface area contributed by atoms with Gasteiger partial charge in [-0.15, -0.1) is 0 Å². The molecule has 2 aliphatic rings. The lowest BCUT2D eigenvalue weighted by atomic mass is 9.71. The van der Waals surface area contributed by atoms with Gasteiger partial charge in [-0.3, -0.25) is 0 Å². The van der Waals surface area contributed by atoms with Crippen LogP contribution in [0.5, 0.6) is 5.75 Å². The average Bonchev–Trinajstić information content (AvgIpc) is 3.55. The van der Waals surface area contributed by atoms with Crippen LogP contribution in [-0.2, 0) is 23.0 Å². The van der Waals surface area contributed by atoms with Crippen molar-refractivity contribution in [3.05, 3.63) is 136 Å². The SMILES string of the molecule is CC/C=C\C(C#N)=C\C/C=C/OC(=O)c1ccc2c(c1)C1(CC2)c2cc(OC(=O)c3ccc(C#N)cc3)ccc2CC1C. The number of fused-ring (bicyclic) bond motifs is 4. The van der Waals surface area contributed by atoms with E-state index in [1.54, 1.807) is 42.5 Å². The number of rotatable bonds is 8. The zero-order chi connectivity index (χ0) is 30.4. The van der Waals surface area contributed by atoms with Gasteiger partial charge in [0.05, 0.1) is 35.1 Å². The fourth-order valence-electron chi connectivity index (χ4n) is 6.25. The van der Waals surface area contributed by atoms with Crippen LogP contribution in [0.1, 0.15) is 81.6 Å². The van der Waals surface area contributed by atoms with Crippen LogP contribution < -0.4 is 4.74 Å². The lowest BCUT2D eigenvalue weighted by Gasteiger charge is -2.32. The van der Waals surface area contributed by atoms with Crippen LogP contribution in [-0.4, -0.2) is 11.9 Å². The first-order valence-corrected chi connectivity index (χ1v) is 14.5. The second-order valence-corrected chi connectivity index (χ2v) is 10.9. The summed E-state index contributed by atoms with van der Waals surface area (Å²) in [6.45, 7) is 4.25. The normalized spacial score (nSPS) is 18.8. The first-order valence-electron chi connectivity index (χ1n) is 14.5. The molecule has 2 atom stereocenters. The quantitative estimate of drug-likeness (QED) is 0.0908. The molecule has 3 aromatic carbocycles. The highest BCUT2D eigenvalue weighted by Gasteiger charge is 2.49. The van der Waals surface area contributed by atoms with Crippen molar-refractivity contribution in [2.45, 2.75) is 51.4 Å². The maximum atomic E-state index is 13.0. The first kappa shape index (κ1) is 29.3. The van der Waals surface area contributed by atoms with Crippen molar-refractivity contribution in [3.63, 3.8) is 0 Å². The van der Waals surface area contributed by atoms with E-state index in [1.165, 1.54) is 17.4 Å². The third kappa shape index (κ3) is 5.92. The molecular weight excluding hydrogens is 536 g/mol. The minimum atomic E-state index is -0.480. The molecule has 214 valence electrons. The van der Waals surface area contributed by atoms with Crippen LogP contribution in [0, 0.1) is 28.6 Å². The molecule has 6 nitrogen and oxygen atoms in total. The number of hydrogen-bond acceptors (Lipinski definition) is 6. The smallest absolute Gasteiger partial charge is 0.343 e. The highest BCUT2D eigenvalue weighted by molar-refractivity contribution is 5.91. The lowest BCUT2D eigenvalue weighted by molar-refractivity contribution is 0.0661. The van der Waals surface area contributed by atoms with Gasteiger partial charge >= 0.3 is 11.9 Å². The van der Waals surface area contributed by atoms with Crippen molar-refractivity contribution in [1.29, 1.82) is 10.5 Å². The Balaban J connectivity index is 1.35. The van der Waals surface area contributed by atoms with E-state index in [-0.39, 0.29) is 5.41 Å². The van der Waals surface area contributed by atoms with Gasteiger partial charge in [0, 0.05) is 11.0 Å². The fraction of sp³-hybridized carbons (Fsp3) is 0.243. The highest BCUT2D eigenvalue weighted by atomic mass is 16.5. The summed E-state index contributed by atoms with van der Waals surface area (Å²) in [6.07, 6.45) is 12.6. The van der Waals surface area contributed by atoms with Gasteiger partial charge < -0.3 is 9.47 Å². The molecule has 5 rings (SSSR count). The van der Waals surface area contributed by atoms with E-state index in [9.17, 15) is 14.9 Å². The number of carbonyl (C=O) groups excluding carboxylic acids is 2.